The number of phenolic OH excluding ortho intramolecular Hbond substituents is 1. The molecule has 240 valence electrons. The minimum atomic E-state index is -0.853. The Bertz CT molecular complexity index is 1710. The lowest BCUT2D eigenvalue weighted by Gasteiger charge is -2.47. The van der Waals surface area contributed by atoms with Crippen LogP contribution in [0.2, 0.25) is 0 Å². The van der Waals surface area contributed by atoms with E-state index in [1.54, 1.807) is 23.5 Å². The first-order valence-corrected chi connectivity index (χ1v) is 17.2. The third kappa shape index (κ3) is 7.16. The number of likely N-dealkylation sites (tertiary alicyclic amines) is 1. The summed E-state index contributed by atoms with van der Waals surface area (Å²) in [5, 5.41) is 25.9. The van der Waals surface area contributed by atoms with Crippen molar-refractivity contribution < 1.29 is 24.1 Å². The zero-order valence-corrected chi connectivity index (χ0v) is 26.9. The molecule has 0 aliphatic carbocycles. The smallest absolute Gasteiger partial charge is 0.305 e. The maximum absolute atomic E-state index is 14.9. The minimum absolute atomic E-state index is 0.0240. The van der Waals surface area contributed by atoms with Gasteiger partial charge in [-0.1, -0.05) is 36.5 Å². The number of aryl methyl sites for hydroxylation is 1. The summed E-state index contributed by atoms with van der Waals surface area (Å²) in [5.74, 6) is -0.170. The summed E-state index contributed by atoms with van der Waals surface area (Å²) in [6.07, 6.45) is 2.32. The average Bonchev–Trinajstić information content (AvgIpc) is 3.69. The monoisotopic (exact) mass is 654 g/mol. The molecule has 0 bridgehead atoms. The maximum Gasteiger partial charge on any atom is 0.305 e. The number of piperidine rings is 1. The van der Waals surface area contributed by atoms with Crippen molar-refractivity contribution in [3.63, 3.8) is 0 Å². The van der Waals surface area contributed by atoms with Crippen molar-refractivity contribution >= 4 is 38.8 Å². The molecule has 45 heavy (non-hydrogen) atoms. The van der Waals surface area contributed by atoms with Crippen molar-refractivity contribution in [1.29, 1.82) is 0 Å². The van der Waals surface area contributed by atoms with Gasteiger partial charge in [0.05, 0.1) is 35.1 Å². The molecule has 4 N–H and O–H groups in total. The zero-order chi connectivity index (χ0) is 31.6. The number of aromatic amines is 1. The number of amides is 1. The number of fused-ring (bicyclic) bond motifs is 1. The molecule has 1 atom stereocenters. The number of nitrogens with zero attached hydrogens (tertiary/aromatic N) is 2. The first-order valence-electron chi connectivity index (χ1n) is 15.5. The Morgan fingerprint density at radius 2 is 2.02 bits per heavy atom. The highest BCUT2D eigenvalue weighted by molar-refractivity contribution is 7.16. The molecule has 1 amide bonds. The Balaban J connectivity index is 0.990. The predicted molar refractivity (Wildman–Crippen MR) is 175 cm³/mol. The fourth-order valence-electron chi connectivity index (χ4n) is 6.33. The van der Waals surface area contributed by atoms with Crippen LogP contribution < -0.4 is 10.2 Å². The van der Waals surface area contributed by atoms with Crippen molar-refractivity contribution in [3.05, 3.63) is 84.4 Å². The molecular weight excluding hydrogens is 616 g/mol. The maximum atomic E-state index is 14.9. The molecule has 2 aliphatic rings. The highest BCUT2D eigenvalue weighted by Gasteiger charge is 2.41. The molecular formula is C33H39FN4O5S2. The summed E-state index contributed by atoms with van der Waals surface area (Å²) in [5.41, 5.74) is 2.99. The van der Waals surface area contributed by atoms with Crippen molar-refractivity contribution in [2.75, 3.05) is 45.9 Å². The van der Waals surface area contributed by atoms with Crippen LogP contribution in [-0.4, -0.2) is 82.4 Å². The molecule has 2 aliphatic heterocycles. The summed E-state index contributed by atoms with van der Waals surface area (Å²) < 4.78 is 21.7. The number of thiazole rings is 1. The number of nitrogens with one attached hydrogen (secondary N) is 2. The van der Waals surface area contributed by atoms with Crippen molar-refractivity contribution in [1.82, 2.24) is 20.1 Å². The zero-order valence-electron chi connectivity index (χ0n) is 25.3. The number of aliphatic hydroxyl groups excluding tert-OH is 1. The molecule has 6 rings (SSSR count). The SMILES string of the molecule is CCc1cc(C(=O)N2CCOC3(CCN(Cc4cc(CCNC[C@H](O)c5ccc(O)c6[nH]c(=O)sc56)ccc4F)CC3)C2)cs1. The Hall–Kier alpha value is -3.13. The molecule has 2 aromatic heterocycles. The Kier molecular flexibility index (Phi) is 9.69. The number of halogens is 1. The van der Waals surface area contributed by atoms with Gasteiger partial charge in [-0.05, 0) is 56.0 Å². The van der Waals surface area contributed by atoms with Gasteiger partial charge in [-0.25, -0.2) is 4.39 Å². The van der Waals surface area contributed by atoms with Gasteiger partial charge < -0.3 is 30.2 Å². The second-order valence-electron chi connectivity index (χ2n) is 12.0. The van der Waals surface area contributed by atoms with Crippen molar-refractivity contribution in [3.8, 4) is 5.75 Å². The van der Waals surface area contributed by atoms with Gasteiger partial charge in [0, 0.05) is 54.1 Å². The number of carbonyl (C=O) groups is 1. The number of ether oxygens (including phenoxy) is 1. The van der Waals surface area contributed by atoms with Gasteiger partial charge in [-0.3, -0.25) is 14.5 Å². The number of hydrogen-bond donors (Lipinski definition) is 4. The second-order valence-corrected chi connectivity index (χ2v) is 14.0. The van der Waals surface area contributed by atoms with Crippen LogP contribution in [0.5, 0.6) is 5.75 Å². The molecule has 0 unspecified atom stereocenters. The third-order valence-electron chi connectivity index (χ3n) is 8.93. The van der Waals surface area contributed by atoms with Gasteiger partial charge in [0.15, 0.2) is 0 Å². The van der Waals surface area contributed by atoms with E-state index in [0.717, 1.165) is 54.8 Å². The fraction of sp³-hybridized carbons (Fsp3) is 0.455. The molecule has 0 radical (unpaired) electrons. The molecule has 1 spiro atoms. The van der Waals surface area contributed by atoms with E-state index in [0.29, 0.717) is 60.6 Å². The number of carbonyl (C=O) groups excluding carboxylic acids is 1. The Morgan fingerprint density at radius 1 is 1.20 bits per heavy atom. The Labute approximate surface area is 269 Å². The first-order chi connectivity index (χ1) is 21.7. The number of aromatic nitrogens is 1. The topological polar surface area (TPSA) is 118 Å². The van der Waals surface area contributed by atoms with Crippen molar-refractivity contribution in [2.45, 2.75) is 50.9 Å². The van der Waals surface area contributed by atoms with Gasteiger partial charge in [0.2, 0.25) is 0 Å². The number of aliphatic hydroxyl groups is 1. The van der Waals surface area contributed by atoms with E-state index in [2.05, 4.69) is 22.1 Å². The van der Waals surface area contributed by atoms with E-state index in [9.17, 15) is 24.2 Å². The van der Waals surface area contributed by atoms with E-state index < -0.39 is 6.10 Å². The second kappa shape index (κ2) is 13.7. The third-order valence-corrected chi connectivity index (χ3v) is 10.9. The highest BCUT2D eigenvalue weighted by atomic mass is 32.1. The summed E-state index contributed by atoms with van der Waals surface area (Å²) >= 11 is 2.59. The van der Waals surface area contributed by atoms with Crippen LogP contribution in [-0.2, 0) is 24.1 Å². The van der Waals surface area contributed by atoms with Gasteiger partial charge in [0.1, 0.15) is 17.1 Å². The largest absolute Gasteiger partial charge is 0.506 e. The van der Waals surface area contributed by atoms with E-state index in [4.69, 9.17) is 4.74 Å². The number of aromatic hydroxyl groups is 1. The molecule has 2 saturated heterocycles. The molecule has 4 heterocycles. The van der Waals surface area contributed by atoms with Crippen LogP contribution in [0, 0.1) is 5.82 Å². The van der Waals surface area contributed by atoms with E-state index in [1.165, 1.54) is 17.0 Å². The number of phenols is 1. The molecule has 2 fully saturated rings. The summed E-state index contributed by atoms with van der Waals surface area (Å²) in [4.78, 5) is 32.7. The molecule has 4 aromatic rings. The number of H-pyrrole nitrogens is 1. The lowest BCUT2D eigenvalue weighted by Crippen LogP contribution is -2.57. The number of rotatable bonds is 10. The Morgan fingerprint density at radius 3 is 2.80 bits per heavy atom. The van der Waals surface area contributed by atoms with Crippen LogP contribution in [0.4, 0.5) is 4.39 Å². The highest BCUT2D eigenvalue weighted by Crippen LogP contribution is 2.33. The van der Waals surface area contributed by atoms with E-state index >= 15 is 0 Å². The van der Waals surface area contributed by atoms with Gasteiger partial charge >= 0.3 is 4.87 Å². The van der Waals surface area contributed by atoms with Crippen LogP contribution in [0.3, 0.4) is 0 Å². The fourth-order valence-corrected chi connectivity index (χ4v) is 8.06. The number of hydrogen-bond acceptors (Lipinski definition) is 9. The van der Waals surface area contributed by atoms with Crippen molar-refractivity contribution in [2.24, 2.45) is 0 Å². The molecule has 0 saturated carbocycles. The standard InChI is InChI=1S/C33H39FN4O5S2/c1-2-24-16-23(19-44-24)31(41)38-13-14-43-33(20-38)8-11-37(12-9-33)18-22-15-21(3-5-26(22)34)7-10-35-17-28(40)25-4-6-27(39)29-30(25)45-32(42)36-29/h3-6,15-16,19,28,35,39-40H,2,7-14,17-18,20H2,1H3,(H,36,42)/t28-/m0/s1. The quantitative estimate of drug-likeness (QED) is 0.187. The summed E-state index contributed by atoms with van der Waals surface area (Å²) in [6.45, 7) is 6.72. The lowest BCUT2D eigenvalue weighted by atomic mass is 9.89. The van der Waals surface area contributed by atoms with Crippen LogP contribution in [0.1, 0.15) is 57.8 Å². The van der Waals surface area contributed by atoms with Gasteiger partial charge in [-0.15, -0.1) is 11.3 Å². The van der Waals surface area contributed by atoms with E-state index in [1.807, 2.05) is 22.4 Å². The van der Waals surface area contributed by atoms with Crippen LogP contribution in [0.25, 0.3) is 10.2 Å². The van der Waals surface area contributed by atoms with Crippen LogP contribution in [0.15, 0.2) is 46.6 Å². The summed E-state index contributed by atoms with van der Waals surface area (Å²) in [6, 6.07) is 10.3. The van der Waals surface area contributed by atoms with Gasteiger partial charge in [-0.2, -0.15) is 0 Å². The number of morpholine rings is 1. The molecule has 12 heteroatoms. The van der Waals surface area contributed by atoms with Crippen LogP contribution >= 0.6 is 22.7 Å². The summed E-state index contributed by atoms with van der Waals surface area (Å²) in [7, 11) is 0. The molecule has 2 aromatic carbocycles. The average molecular weight is 655 g/mol. The number of benzene rings is 2. The normalized spacial score (nSPS) is 17.7. The lowest BCUT2D eigenvalue weighted by molar-refractivity contribution is -0.128. The van der Waals surface area contributed by atoms with E-state index in [-0.39, 0.29) is 34.5 Å². The predicted octanol–water partition coefficient (Wildman–Crippen LogP) is 4.43. The van der Waals surface area contributed by atoms with Gasteiger partial charge in [0.25, 0.3) is 5.91 Å². The first kappa shape index (κ1) is 31.8. The minimum Gasteiger partial charge on any atom is -0.506 e. The molecule has 9 nitrogen and oxygen atoms in total. The number of thiophene rings is 1.